The summed E-state index contributed by atoms with van der Waals surface area (Å²) >= 11 is 1.50. The number of carbonyl (C=O) groups is 1. The molecule has 0 saturated heterocycles. The van der Waals surface area contributed by atoms with E-state index in [0.29, 0.717) is 29.3 Å². The molecule has 4 rings (SSSR count). The number of nitrogens with one attached hydrogen (secondary N) is 1. The highest BCUT2D eigenvalue weighted by Gasteiger charge is 2.15. The van der Waals surface area contributed by atoms with E-state index in [1.54, 1.807) is 18.3 Å². The lowest BCUT2D eigenvalue weighted by Crippen LogP contribution is -2.26. The van der Waals surface area contributed by atoms with E-state index < -0.39 is 0 Å². The van der Waals surface area contributed by atoms with Gasteiger partial charge in [-0.25, -0.2) is 4.98 Å². The first kappa shape index (κ1) is 19.1. The van der Waals surface area contributed by atoms with Crippen LogP contribution in [0.5, 0.6) is 0 Å². The van der Waals surface area contributed by atoms with Crippen molar-refractivity contribution in [2.24, 2.45) is 0 Å². The Morgan fingerprint density at radius 2 is 2.10 bits per heavy atom. The quantitative estimate of drug-likeness (QED) is 0.469. The van der Waals surface area contributed by atoms with Gasteiger partial charge >= 0.3 is 0 Å². The Kier molecular flexibility index (Phi) is 5.57. The van der Waals surface area contributed by atoms with Crippen LogP contribution in [0.2, 0.25) is 0 Å². The largest absolute Gasteiger partial charge is 0.361 e. The van der Waals surface area contributed by atoms with E-state index in [0.717, 1.165) is 28.5 Å². The molecule has 0 aliphatic heterocycles. The Morgan fingerprint density at radius 1 is 1.21 bits per heavy atom. The summed E-state index contributed by atoms with van der Waals surface area (Å²) in [6.45, 7) is 4.25. The number of thioether (sulfide) groups is 1. The number of aryl methyl sites for hydroxylation is 2. The van der Waals surface area contributed by atoms with Crippen molar-refractivity contribution in [3.05, 3.63) is 71.1 Å². The fourth-order valence-corrected chi connectivity index (χ4v) is 4.12. The molecule has 4 aromatic heterocycles. The van der Waals surface area contributed by atoms with Gasteiger partial charge in [-0.15, -0.1) is 22.0 Å². The lowest BCUT2D eigenvalue weighted by atomic mass is 10.2. The van der Waals surface area contributed by atoms with Crippen molar-refractivity contribution in [2.45, 2.75) is 31.0 Å². The third kappa shape index (κ3) is 4.14. The van der Waals surface area contributed by atoms with Crippen LogP contribution in [0.1, 0.15) is 33.2 Å². The number of amides is 1. The van der Waals surface area contributed by atoms with E-state index in [1.807, 2.05) is 42.6 Å². The second-order valence-electron chi connectivity index (χ2n) is 6.50. The van der Waals surface area contributed by atoms with Gasteiger partial charge in [0.1, 0.15) is 16.6 Å². The molecule has 0 aliphatic rings. The summed E-state index contributed by atoms with van der Waals surface area (Å²) in [6, 6.07) is 9.29. The number of pyridine rings is 2. The molecule has 0 saturated carbocycles. The maximum Gasteiger partial charge on any atom is 0.254 e. The van der Waals surface area contributed by atoms with Crippen molar-refractivity contribution in [3.8, 4) is 0 Å². The van der Waals surface area contributed by atoms with E-state index in [-0.39, 0.29) is 5.91 Å². The lowest BCUT2D eigenvalue weighted by molar-refractivity contribution is 0.0950. The molecule has 0 fully saturated rings. The molecule has 8 nitrogen and oxygen atoms in total. The van der Waals surface area contributed by atoms with Crippen molar-refractivity contribution in [3.63, 3.8) is 0 Å². The van der Waals surface area contributed by atoms with Crippen LogP contribution < -0.4 is 5.32 Å². The molecule has 0 aromatic carbocycles. The number of fused-ring (bicyclic) bond motifs is 1. The number of nitrogens with zero attached hydrogens (tertiary/aromatic N) is 5. The smallest absolute Gasteiger partial charge is 0.254 e. The zero-order valence-corrected chi connectivity index (χ0v) is 16.9. The average molecular weight is 408 g/mol. The Balaban J connectivity index is 1.40. The van der Waals surface area contributed by atoms with Crippen LogP contribution in [0, 0.1) is 13.8 Å². The summed E-state index contributed by atoms with van der Waals surface area (Å²) in [5.41, 5.74) is 3.23. The first-order chi connectivity index (χ1) is 14.1. The van der Waals surface area contributed by atoms with Crippen LogP contribution >= 0.6 is 11.8 Å². The highest BCUT2D eigenvalue weighted by Crippen LogP contribution is 2.27. The monoisotopic (exact) mass is 408 g/mol. The van der Waals surface area contributed by atoms with Crippen molar-refractivity contribution < 1.29 is 9.32 Å². The van der Waals surface area contributed by atoms with Gasteiger partial charge in [0.05, 0.1) is 11.3 Å². The summed E-state index contributed by atoms with van der Waals surface area (Å²) < 4.78 is 7.12. The minimum absolute atomic E-state index is 0.159. The Bertz CT molecular complexity index is 1130. The molecule has 0 spiro atoms. The summed E-state index contributed by atoms with van der Waals surface area (Å²) in [4.78, 5) is 17.1. The molecule has 4 heterocycles. The van der Waals surface area contributed by atoms with Gasteiger partial charge in [0.15, 0.2) is 5.65 Å². The molecule has 0 aliphatic carbocycles. The van der Waals surface area contributed by atoms with Crippen LogP contribution in [-0.2, 0) is 12.2 Å². The summed E-state index contributed by atoms with van der Waals surface area (Å²) in [7, 11) is 0. The summed E-state index contributed by atoms with van der Waals surface area (Å²) in [5, 5.41) is 15.9. The highest BCUT2D eigenvalue weighted by atomic mass is 32.2. The minimum atomic E-state index is -0.159. The van der Waals surface area contributed by atoms with Crippen LogP contribution in [0.15, 0.2) is 52.3 Å². The second-order valence-corrected chi connectivity index (χ2v) is 7.46. The first-order valence-electron chi connectivity index (χ1n) is 9.20. The van der Waals surface area contributed by atoms with E-state index in [1.165, 1.54) is 11.8 Å². The molecule has 4 aromatic rings. The van der Waals surface area contributed by atoms with Crippen LogP contribution in [0.4, 0.5) is 0 Å². The Morgan fingerprint density at radius 3 is 2.93 bits per heavy atom. The maximum absolute atomic E-state index is 12.7. The number of carbonyl (C=O) groups excluding carboxylic acids is 1. The molecule has 148 valence electrons. The summed E-state index contributed by atoms with van der Waals surface area (Å²) in [6.07, 6.45) is 4.19. The van der Waals surface area contributed by atoms with Gasteiger partial charge in [-0.1, -0.05) is 11.2 Å². The molecular weight excluding hydrogens is 388 g/mol. The number of hydrogen-bond acceptors (Lipinski definition) is 7. The summed E-state index contributed by atoms with van der Waals surface area (Å²) in [5.74, 6) is 2.08. The van der Waals surface area contributed by atoms with Crippen molar-refractivity contribution in [2.75, 3.05) is 6.54 Å². The number of rotatable bonds is 7. The predicted octanol–water partition coefficient (Wildman–Crippen LogP) is 2.99. The van der Waals surface area contributed by atoms with E-state index in [2.05, 4.69) is 25.7 Å². The van der Waals surface area contributed by atoms with Gasteiger partial charge in [-0.05, 0) is 38.1 Å². The maximum atomic E-state index is 12.7. The molecule has 0 unspecified atom stereocenters. The molecular formula is C20H20N6O2S. The fourth-order valence-electron chi connectivity index (χ4n) is 2.97. The molecule has 29 heavy (non-hydrogen) atoms. The van der Waals surface area contributed by atoms with E-state index in [9.17, 15) is 4.79 Å². The zero-order valence-electron chi connectivity index (χ0n) is 16.1. The van der Waals surface area contributed by atoms with E-state index in [4.69, 9.17) is 4.52 Å². The molecule has 9 heteroatoms. The van der Waals surface area contributed by atoms with E-state index >= 15 is 0 Å². The molecule has 1 N–H and O–H groups in total. The van der Waals surface area contributed by atoms with Gasteiger partial charge < -0.3 is 9.84 Å². The molecule has 1 amide bonds. The molecule has 0 radical (unpaired) electrons. The zero-order chi connectivity index (χ0) is 20.2. The Labute approximate surface area is 171 Å². The third-order valence-corrected chi connectivity index (χ3v) is 5.60. The third-order valence-electron chi connectivity index (χ3n) is 4.57. The topological polar surface area (TPSA) is 98.2 Å². The lowest BCUT2D eigenvalue weighted by Gasteiger charge is -2.09. The second kappa shape index (κ2) is 8.44. The highest BCUT2D eigenvalue weighted by molar-refractivity contribution is 7.98. The van der Waals surface area contributed by atoms with Crippen LogP contribution in [0.25, 0.3) is 5.65 Å². The average Bonchev–Trinajstić information content (AvgIpc) is 3.30. The number of hydrogen-bond donors (Lipinski definition) is 1. The van der Waals surface area contributed by atoms with Gasteiger partial charge in [0, 0.05) is 36.7 Å². The van der Waals surface area contributed by atoms with Gasteiger partial charge in [0.2, 0.25) is 0 Å². The van der Waals surface area contributed by atoms with Gasteiger partial charge in [-0.3, -0.25) is 9.20 Å². The molecule has 0 bridgehead atoms. The number of aromatic nitrogens is 5. The minimum Gasteiger partial charge on any atom is -0.361 e. The predicted molar refractivity (Wildman–Crippen MR) is 109 cm³/mol. The first-order valence-corrected chi connectivity index (χ1v) is 10.2. The van der Waals surface area contributed by atoms with Crippen molar-refractivity contribution in [1.82, 2.24) is 30.1 Å². The molecule has 0 atom stereocenters. The Hall–Kier alpha value is -3.20. The van der Waals surface area contributed by atoms with Gasteiger partial charge in [-0.2, -0.15) is 0 Å². The van der Waals surface area contributed by atoms with Crippen molar-refractivity contribution in [1.29, 1.82) is 0 Å². The van der Waals surface area contributed by atoms with Crippen LogP contribution in [0.3, 0.4) is 0 Å². The SMILES string of the molecule is Cc1noc(C)c1CSc1ncccc1C(=O)NCCc1nnc2ccccn12. The van der Waals surface area contributed by atoms with Crippen molar-refractivity contribution >= 4 is 23.3 Å². The van der Waals surface area contributed by atoms with Crippen LogP contribution in [-0.4, -0.2) is 37.2 Å². The normalized spacial score (nSPS) is 11.1. The van der Waals surface area contributed by atoms with Gasteiger partial charge in [0.25, 0.3) is 5.91 Å². The standard InChI is InChI=1S/C20H20N6O2S/c1-13-16(14(2)28-25-13)12-29-20-15(6-5-9-22-20)19(27)21-10-8-18-24-23-17-7-3-4-11-26(17)18/h3-7,9,11H,8,10,12H2,1-2H3,(H,21,27). The fraction of sp³-hybridized carbons (Fsp3) is 0.250.